The molecule has 0 bridgehead atoms. The topological polar surface area (TPSA) is 75.0 Å². The van der Waals surface area contributed by atoms with E-state index in [9.17, 15) is 8.42 Å². The Hall–Kier alpha value is -2.52. The standard InChI is InChI=1S/C24H28ClN3O4S/c1-18-5-10-21(16-22(18)25)33(29,30)26-17-23(24-4-3-15-32-24)28-13-11-27(12-14-28)19-6-8-20(31-2)9-7-19/h3-10,15-16,23,26H,11-14,17H2,1-2H3. The van der Waals surface area contributed by atoms with Crippen molar-refractivity contribution in [3.8, 4) is 5.75 Å². The third-order valence-corrected chi connectivity index (χ3v) is 7.81. The summed E-state index contributed by atoms with van der Waals surface area (Å²) in [4.78, 5) is 4.72. The van der Waals surface area contributed by atoms with Gasteiger partial charge in [0.1, 0.15) is 11.5 Å². The van der Waals surface area contributed by atoms with Crippen molar-refractivity contribution < 1.29 is 17.6 Å². The van der Waals surface area contributed by atoms with Gasteiger partial charge in [0.05, 0.1) is 24.3 Å². The number of halogens is 1. The minimum absolute atomic E-state index is 0.153. The van der Waals surface area contributed by atoms with Crippen LogP contribution in [-0.2, 0) is 10.0 Å². The van der Waals surface area contributed by atoms with E-state index in [0.717, 1.165) is 48.9 Å². The van der Waals surface area contributed by atoms with E-state index in [1.54, 1.807) is 25.5 Å². The molecule has 0 amide bonds. The summed E-state index contributed by atoms with van der Waals surface area (Å²) >= 11 is 6.14. The molecule has 1 N–H and O–H groups in total. The molecule has 2 aromatic carbocycles. The van der Waals surface area contributed by atoms with Crippen molar-refractivity contribution in [2.24, 2.45) is 0 Å². The zero-order valence-corrected chi connectivity index (χ0v) is 20.3. The van der Waals surface area contributed by atoms with Crippen LogP contribution >= 0.6 is 11.6 Å². The zero-order chi connectivity index (χ0) is 23.4. The number of aryl methyl sites for hydroxylation is 1. The third kappa shape index (κ3) is 5.52. The van der Waals surface area contributed by atoms with Gasteiger partial charge in [0.2, 0.25) is 10.0 Å². The number of rotatable bonds is 8. The van der Waals surface area contributed by atoms with Crippen LogP contribution in [0, 0.1) is 6.92 Å². The first kappa shape index (κ1) is 23.6. The molecule has 1 aromatic heterocycles. The quantitative estimate of drug-likeness (QED) is 0.513. The molecule has 0 aliphatic carbocycles. The molecule has 0 radical (unpaired) electrons. The highest BCUT2D eigenvalue weighted by Crippen LogP contribution is 2.26. The predicted octanol–water partition coefficient (Wildman–Crippen LogP) is 4.09. The Balaban J connectivity index is 1.44. The predicted molar refractivity (Wildman–Crippen MR) is 130 cm³/mol. The molecule has 1 unspecified atom stereocenters. The van der Waals surface area contributed by atoms with Crippen LogP contribution in [0.2, 0.25) is 5.02 Å². The van der Waals surface area contributed by atoms with Gasteiger partial charge in [-0.05, 0) is 61.0 Å². The number of ether oxygens (including phenoxy) is 1. The normalized spacial score (nSPS) is 16.0. The van der Waals surface area contributed by atoms with Gasteiger partial charge in [-0.3, -0.25) is 4.90 Å². The zero-order valence-electron chi connectivity index (χ0n) is 18.7. The fourth-order valence-corrected chi connectivity index (χ4v) is 5.30. The molecule has 1 atom stereocenters. The van der Waals surface area contributed by atoms with E-state index in [1.807, 2.05) is 31.2 Å². The van der Waals surface area contributed by atoms with Gasteiger partial charge in [-0.1, -0.05) is 17.7 Å². The summed E-state index contributed by atoms with van der Waals surface area (Å²) in [6, 6.07) is 16.3. The summed E-state index contributed by atoms with van der Waals surface area (Å²) in [6.07, 6.45) is 1.62. The van der Waals surface area contributed by atoms with Crippen LogP contribution < -0.4 is 14.4 Å². The van der Waals surface area contributed by atoms with Crippen LogP contribution in [-0.4, -0.2) is 53.2 Å². The van der Waals surface area contributed by atoms with Crippen molar-refractivity contribution in [3.63, 3.8) is 0 Å². The largest absolute Gasteiger partial charge is 0.497 e. The number of furan rings is 1. The second kappa shape index (κ2) is 10.2. The van der Waals surface area contributed by atoms with Gasteiger partial charge in [0.25, 0.3) is 0 Å². The average Bonchev–Trinajstić information content (AvgIpc) is 3.36. The van der Waals surface area contributed by atoms with Crippen molar-refractivity contribution in [1.82, 2.24) is 9.62 Å². The van der Waals surface area contributed by atoms with E-state index >= 15 is 0 Å². The van der Waals surface area contributed by atoms with Crippen molar-refractivity contribution >= 4 is 27.3 Å². The Labute approximate surface area is 200 Å². The molecule has 1 fully saturated rings. The second-order valence-electron chi connectivity index (χ2n) is 8.02. The maximum atomic E-state index is 12.9. The highest BCUT2D eigenvalue weighted by molar-refractivity contribution is 7.89. The highest BCUT2D eigenvalue weighted by Gasteiger charge is 2.28. The lowest BCUT2D eigenvalue weighted by molar-refractivity contribution is 0.166. The molecule has 0 saturated carbocycles. The van der Waals surface area contributed by atoms with Crippen molar-refractivity contribution in [2.75, 3.05) is 44.7 Å². The van der Waals surface area contributed by atoms with Crippen molar-refractivity contribution in [2.45, 2.75) is 17.9 Å². The van der Waals surface area contributed by atoms with E-state index in [2.05, 4.69) is 26.7 Å². The Morgan fingerprint density at radius 2 is 1.82 bits per heavy atom. The van der Waals surface area contributed by atoms with Gasteiger partial charge < -0.3 is 14.1 Å². The van der Waals surface area contributed by atoms with E-state index in [-0.39, 0.29) is 17.5 Å². The van der Waals surface area contributed by atoms with Crippen LogP contribution in [0.4, 0.5) is 5.69 Å². The maximum Gasteiger partial charge on any atom is 0.240 e. The lowest BCUT2D eigenvalue weighted by atomic mass is 10.1. The molecule has 7 nitrogen and oxygen atoms in total. The van der Waals surface area contributed by atoms with Crippen LogP contribution in [0.25, 0.3) is 0 Å². The molecule has 2 heterocycles. The number of hydrogen-bond donors (Lipinski definition) is 1. The minimum atomic E-state index is -3.71. The minimum Gasteiger partial charge on any atom is -0.497 e. The SMILES string of the molecule is COc1ccc(N2CCN(C(CNS(=O)(=O)c3ccc(C)c(Cl)c3)c3ccco3)CC2)cc1. The van der Waals surface area contributed by atoms with Crippen LogP contribution in [0.3, 0.4) is 0 Å². The van der Waals surface area contributed by atoms with Crippen LogP contribution in [0.15, 0.2) is 70.2 Å². The van der Waals surface area contributed by atoms with E-state index in [1.165, 1.54) is 6.07 Å². The first-order chi connectivity index (χ1) is 15.9. The summed E-state index contributed by atoms with van der Waals surface area (Å²) in [6.45, 7) is 5.23. The monoisotopic (exact) mass is 489 g/mol. The average molecular weight is 490 g/mol. The van der Waals surface area contributed by atoms with E-state index in [4.69, 9.17) is 20.8 Å². The number of nitrogens with one attached hydrogen (secondary N) is 1. The first-order valence-corrected chi connectivity index (χ1v) is 12.7. The molecule has 1 aliphatic rings. The number of piperazine rings is 1. The molecule has 9 heteroatoms. The molecule has 1 aliphatic heterocycles. The lowest BCUT2D eigenvalue weighted by Crippen LogP contribution is -2.49. The van der Waals surface area contributed by atoms with Gasteiger partial charge in [-0.15, -0.1) is 0 Å². The number of benzene rings is 2. The molecule has 1 saturated heterocycles. The molecule has 33 heavy (non-hydrogen) atoms. The summed E-state index contributed by atoms with van der Waals surface area (Å²) in [7, 11) is -2.05. The fraction of sp³-hybridized carbons (Fsp3) is 0.333. The first-order valence-electron chi connectivity index (χ1n) is 10.8. The van der Waals surface area contributed by atoms with Crippen LogP contribution in [0.5, 0.6) is 5.75 Å². The molecule has 3 aromatic rings. The van der Waals surface area contributed by atoms with Crippen LogP contribution in [0.1, 0.15) is 17.4 Å². The highest BCUT2D eigenvalue weighted by atomic mass is 35.5. The van der Waals surface area contributed by atoms with E-state index < -0.39 is 10.0 Å². The smallest absolute Gasteiger partial charge is 0.240 e. The van der Waals surface area contributed by atoms with Gasteiger partial charge >= 0.3 is 0 Å². The fourth-order valence-electron chi connectivity index (χ4n) is 3.99. The molecular formula is C24H28ClN3O4S. The second-order valence-corrected chi connectivity index (χ2v) is 10.2. The Morgan fingerprint density at radius 3 is 2.42 bits per heavy atom. The molecule has 176 valence electrons. The number of hydrogen-bond acceptors (Lipinski definition) is 6. The summed E-state index contributed by atoms with van der Waals surface area (Å²) < 4.78 is 39.5. The molecule has 4 rings (SSSR count). The molecular weight excluding hydrogens is 462 g/mol. The number of anilines is 1. The summed E-state index contributed by atoms with van der Waals surface area (Å²) in [5, 5.41) is 0.426. The Morgan fingerprint density at radius 1 is 1.09 bits per heavy atom. The van der Waals surface area contributed by atoms with Crippen molar-refractivity contribution in [3.05, 3.63) is 77.2 Å². The Bertz CT molecular complexity index is 1160. The van der Waals surface area contributed by atoms with Crippen molar-refractivity contribution in [1.29, 1.82) is 0 Å². The number of sulfonamides is 1. The van der Waals surface area contributed by atoms with Gasteiger partial charge in [-0.2, -0.15) is 0 Å². The van der Waals surface area contributed by atoms with Gasteiger partial charge in [-0.25, -0.2) is 13.1 Å². The maximum absolute atomic E-state index is 12.9. The Kier molecular flexibility index (Phi) is 7.29. The molecule has 0 spiro atoms. The van der Waals surface area contributed by atoms with E-state index in [0.29, 0.717) is 5.02 Å². The number of methoxy groups -OCH3 is 1. The summed E-state index contributed by atoms with van der Waals surface area (Å²) in [5.41, 5.74) is 1.97. The number of nitrogens with zero attached hydrogens (tertiary/aromatic N) is 2. The lowest BCUT2D eigenvalue weighted by Gasteiger charge is -2.39. The third-order valence-electron chi connectivity index (χ3n) is 5.98. The van der Waals surface area contributed by atoms with Gasteiger partial charge in [0.15, 0.2) is 0 Å². The van der Waals surface area contributed by atoms with Gasteiger partial charge in [0, 0.05) is 43.4 Å². The summed E-state index contributed by atoms with van der Waals surface area (Å²) in [5.74, 6) is 1.56.